The van der Waals surface area contributed by atoms with E-state index in [1.165, 1.54) is 12.0 Å². The van der Waals surface area contributed by atoms with Gasteiger partial charge in [0.15, 0.2) is 17.3 Å². The molecule has 0 spiro atoms. The zero-order valence-corrected chi connectivity index (χ0v) is 30.9. The van der Waals surface area contributed by atoms with E-state index in [0.717, 1.165) is 11.1 Å². The van der Waals surface area contributed by atoms with Crippen LogP contribution in [-0.2, 0) is 41.4 Å². The predicted octanol–water partition coefficient (Wildman–Crippen LogP) is 4.43. The first-order valence-electron chi connectivity index (χ1n) is 18.1. The van der Waals surface area contributed by atoms with Crippen LogP contribution in [-0.4, -0.2) is 90.6 Å². The van der Waals surface area contributed by atoms with E-state index in [9.17, 15) is 19.5 Å². The smallest absolute Gasteiger partial charge is 0.415 e. The molecule has 7 rings (SSSR count). The third-order valence-corrected chi connectivity index (χ3v) is 11.7. The van der Waals surface area contributed by atoms with Gasteiger partial charge in [-0.15, -0.1) is 0 Å². The molecule has 282 valence electrons. The van der Waals surface area contributed by atoms with Gasteiger partial charge in [0.2, 0.25) is 0 Å². The van der Waals surface area contributed by atoms with Gasteiger partial charge in [-0.05, 0) is 66.2 Å². The SMILES string of the molecule is C=C(C)[C@]12C[C@@H](C)[C@@]34O[C@](Cc5ccccc5)(O[C@@H]1[C@@H]3C=C(COC(=O)Cc1ccc(OC(=O)N(C)CCN)c(OC)c1)C[C@]1(O)C(=O)C(C)=C[C@@H]41)O2. The number of esters is 1. The summed E-state index contributed by atoms with van der Waals surface area (Å²) in [5.41, 5.74) is 5.10. The summed E-state index contributed by atoms with van der Waals surface area (Å²) in [6.07, 6.45) is 3.38. The number of hydrogen-bond donors (Lipinski definition) is 2. The summed E-state index contributed by atoms with van der Waals surface area (Å²) in [4.78, 5) is 41.0. The second-order valence-corrected chi connectivity index (χ2v) is 15.2. The minimum Gasteiger partial charge on any atom is -0.493 e. The molecule has 12 heteroatoms. The van der Waals surface area contributed by atoms with Crippen LogP contribution in [0.25, 0.3) is 0 Å². The standard InChI is InChI=1S/C41H48N2O10/c1-24(2)39-20-26(4)41-30(36(39)51-40(52-39,53-41)22-27-10-8-7-9-11-27)17-29(21-38(47)33(41)16-25(3)35(38)45)23-49-34(44)19-28-12-13-31(32(18-28)48-6)50-37(46)43(5)15-14-42/h7-13,16-18,26,30,33,36,47H,1,14-15,19-23,42H2,2-6H3/t26-,30+,33-,36-,38-,39-,40-,41-/m1/s1. The number of ether oxygens (including phenoxy) is 6. The summed E-state index contributed by atoms with van der Waals surface area (Å²) in [7, 11) is 3.02. The number of ketones is 1. The fraction of sp³-hybridized carbons (Fsp3) is 0.488. The van der Waals surface area contributed by atoms with Crippen LogP contribution in [0.1, 0.15) is 44.7 Å². The Balaban J connectivity index is 1.17. The maximum atomic E-state index is 13.9. The lowest BCUT2D eigenvalue weighted by molar-refractivity contribution is -0.421. The Hall–Kier alpha value is -4.33. The Morgan fingerprint density at radius 1 is 1.09 bits per heavy atom. The second-order valence-electron chi connectivity index (χ2n) is 15.2. The number of hydrogen-bond acceptors (Lipinski definition) is 11. The van der Waals surface area contributed by atoms with E-state index >= 15 is 0 Å². The Kier molecular flexibility index (Phi) is 9.43. The number of fused-ring (bicyclic) bond motifs is 2. The molecular formula is C41H48N2O10. The van der Waals surface area contributed by atoms with Crippen LogP contribution >= 0.6 is 0 Å². The largest absolute Gasteiger partial charge is 0.493 e. The summed E-state index contributed by atoms with van der Waals surface area (Å²) in [6.45, 7) is 10.5. The Labute approximate surface area is 309 Å². The van der Waals surface area contributed by atoms with Gasteiger partial charge < -0.3 is 44.2 Å². The molecule has 2 aromatic rings. The number of rotatable bonds is 11. The van der Waals surface area contributed by atoms with Gasteiger partial charge >= 0.3 is 12.1 Å². The lowest BCUT2D eigenvalue weighted by Crippen LogP contribution is -2.70. The highest BCUT2D eigenvalue weighted by atomic mass is 16.9. The zero-order valence-electron chi connectivity index (χ0n) is 30.9. The van der Waals surface area contributed by atoms with Crippen molar-refractivity contribution in [2.45, 2.75) is 75.3 Å². The Morgan fingerprint density at radius 3 is 2.55 bits per heavy atom. The van der Waals surface area contributed by atoms with Crippen molar-refractivity contribution in [2.24, 2.45) is 23.5 Å². The molecule has 1 saturated carbocycles. The molecule has 1 amide bonds. The first kappa shape index (κ1) is 37.0. The summed E-state index contributed by atoms with van der Waals surface area (Å²) in [5.74, 6) is -3.29. The maximum absolute atomic E-state index is 13.9. The van der Waals surface area contributed by atoms with E-state index < -0.39 is 52.8 Å². The molecule has 8 atom stereocenters. The number of nitrogens with zero attached hydrogens (tertiary/aromatic N) is 1. The molecule has 3 aliphatic carbocycles. The quantitative estimate of drug-likeness (QED) is 0.249. The highest BCUT2D eigenvalue weighted by Gasteiger charge is 2.79. The first-order valence-corrected chi connectivity index (χ1v) is 18.1. The van der Waals surface area contributed by atoms with E-state index in [1.807, 2.05) is 49.4 Å². The molecule has 2 aromatic carbocycles. The van der Waals surface area contributed by atoms with Crippen molar-refractivity contribution in [3.8, 4) is 11.5 Å². The number of nitrogens with two attached hydrogens (primary N) is 1. The number of likely N-dealkylation sites (N-methyl/N-ethyl adjacent to an activating group) is 1. The van der Waals surface area contributed by atoms with Crippen LogP contribution < -0.4 is 15.2 Å². The Bertz CT molecular complexity index is 1890. The lowest BCUT2D eigenvalue weighted by atomic mass is 9.55. The Morgan fingerprint density at radius 2 is 1.85 bits per heavy atom. The van der Waals surface area contributed by atoms with Crippen LogP contribution in [0.15, 0.2) is 84.0 Å². The van der Waals surface area contributed by atoms with Crippen LogP contribution in [0, 0.1) is 17.8 Å². The van der Waals surface area contributed by atoms with Crippen molar-refractivity contribution in [3.63, 3.8) is 0 Å². The first-order chi connectivity index (χ1) is 25.2. The number of carbonyl (C=O) groups excluding carboxylic acids is 3. The van der Waals surface area contributed by atoms with Crippen molar-refractivity contribution >= 4 is 17.8 Å². The topological polar surface area (TPSA) is 156 Å². The van der Waals surface area contributed by atoms with Crippen molar-refractivity contribution < 1.29 is 47.9 Å². The van der Waals surface area contributed by atoms with Crippen molar-refractivity contribution in [3.05, 3.63) is 95.1 Å². The molecule has 5 aliphatic rings. The molecule has 0 aromatic heterocycles. The van der Waals surface area contributed by atoms with E-state index in [1.54, 1.807) is 32.2 Å². The van der Waals surface area contributed by atoms with Gasteiger partial charge in [-0.2, -0.15) is 0 Å². The van der Waals surface area contributed by atoms with Crippen molar-refractivity contribution in [2.75, 3.05) is 33.9 Å². The fourth-order valence-electron chi connectivity index (χ4n) is 9.24. The van der Waals surface area contributed by atoms with Gasteiger partial charge in [0.25, 0.3) is 5.97 Å². The van der Waals surface area contributed by atoms with Crippen LogP contribution in [0.5, 0.6) is 11.5 Å². The number of aliphatic hydroxyl groups is 1. The molecule has 3 bridgehead atoms. The summed E-state index contributed by atoms with van der Waals surface area (Å²) in [5, 5.41) is 12.5. The van der Waals surface area contributed by atoms with Crippen LogP contribution in [0.2, 0.25) is 0 Å². The molecular weight excluding hydrogens is 680 g/mol. The van der Waals surface area contributed by atoms with Gasteiger partial charge in [-0.1, -0.05) is 62.1 Å². The fourth-order valence-corrected chi connectivity index (χ4v) is 9.24. The summed E-state index contributed by atoms with van der Waals surface area (Å²) < 4.78 is 37.7. The van der Waals surface area contributed by atoms with Gasteiger partial charge in [-0.25, -0.2) is 4.79 Å². The molecule has 0 radical (unpaired) electrons. The molecule has 12 nitrogen and oxygen atoms in total. The van der Waals surface area contributed by atoms with E-state index in [0.29, 0.717) is 36.1 Å². The van der Waals surface area contributed by atoms with Gasteiger partial charge in [0, 0.05) is 38.4 Å². The highest BCUT2D eigenvalue weighted by molar-refractivity contribution is 6.05. The molecule has 2 saturated heterocycles. The second kappa shape index (κ2) is 13.5. The molecule has 0 unspecified atom stereocenters. The van der Waals surface area contributed by atoms with Crippen LogP contribution in [0.3, 0.4) is 0 Å². The maximum Gasteiger partial charge on any atom is 0.415 e. The predicted molar refractivity (Wildman–Crippen MR) is 193 cm³/mol. The summed E-state index contributed by atoms with van der Waals surface area (Å²) in [6, 6.07) is 14.6. The van der Waals surface area contributed by atoms with Gasteiger partial charge in [0.05, 0.1) is 25.6 Å². The number of carbonyl (C=O) groups is 3. The van der Waals surface area contributed by atoms with Gasteiger partial charge in [-0.3, -0.25) is 9.59 Å². The number of Topliss-reactive ketones (excluding diaryl/α,β-unsaturated/α-hetero) is 1. The number of methoxy groups -OCH3 is 1. The molecule has 2 heterocycles. The molecule has 53 heavy (non-hydrogen) atoms. The van der Waals surface area contributed by atoms with E-state index in [4.69, 9.17) is 34.2 Å². The molecule has 3 fully saturated rings. The number of amides is 1. The van der Waals surface area contributed by atoms with Gasteiger partial charge in [0.1, 0.15) is 23.9 Å². The minimum absolute atomic E-state index is 0.0439. The van der Waals surface area contributed by atoms with Crippen molar-refractivity contribution in [1.82, 2.24) is 4.90 Å². The molecule has 2 aliphatic heterocycles. The third kappa shape index (κ3) is 6.01. The highest BCUT2D eigenvalue weighted by Crippen LogP contribution is 2.68. The minimum atomic E-state index is -1.84. The average molecular weight is 729 g/mol. The average Bonchev–Trinajstić information content (AvgIpc) is 3.43. The lowest BCUT2D eigenvalue weighted by Gasteiger charge is -2.59. The molecule has 3 N–H and O–H groups in total. The third-order valence-electron chi connectivity index (χ3n) is 11.7. The van der Waals surface area contributed by atoms with Crippen LogP contribution in [0.4, 0.5) is 4.79 Å². The zero-order chi connectivity index (χ0) is 37.9. The van der Waals surface area contributed by atoms with E-state index in [-0.39, 0.29) is 49.2 Å². The van der Waals surface area contributed by atoms with Crippen molar-refractivity contribution in [1.29, 1.82) is 0 Å². The normalized spacial score (nSPS) is 33.6. The summed E-state index contributed by atoms with van der Waals surface area (Å²) >= 11 is 0. The van der Waals surface area contributed by atoms with E-state index in [2.05, 4.69) is 13.5 Å². The monoisotopic (exact) mass is 728 g/mol. The number of benzene rings is 2.